The molecule has 4 rings (SSSR count). The minimum atomic E-state index is -3.96. The molecule has 0 fully saturated rings. The molecule has 1 amide bonds. The molecule has 1 N–H and O–H groups in total. The number of hydrogen-bond acceptors (Lipinski definition) is 6. The number of anilines is 1. The Labute approximate surface area is 211 Å². The zero-order valence-electron chi connectivity index (χ0n) is 20.8. The van der Waals surface area contributed by atoms with Crippen LogP contribution in [0.15, 0.2) is 65.6 Å². The van der Waals surface area contributed by atoms with Crippen LogP contribution in [0.4, 0.5) is 5.69 Å². The fraction of sp³-hybridized carbons (Fsp3) is 0.296. The van der Waals surface area contributed by atoms with Crippen LogP contribution in [0.5, 0.6) is 17.2 Å². The Bertz CT molecular complexity index is 1360. The van der Waals surface area contributed by atoms with Crippen LogP contribution in [-0.2, 0) is 14.8 Å². The molecule has 3 aromatic carbocycles. The van der Waals surface area contributed by atoms with Gasteiger partial charge in [0.1, 0.15) is 23.9 Å². The number of rotatable bonds is 8. The number of methoxy groups -OCH3 is 1. The molecule has 9 heteroatoms. The number of aryl methyl sites for hydroxylation is 2. The van der Waals surface area contributed by atoms with E-state index in [1.807, 2.05) is 45.0 Å². The predicted molar refractivity (Wildman–Crippen MR) is 138 cm³/mol. The second-order valence-corrected chi connectivity index (χ2v) is 10.5. The number of carbonyl (C=O) groups is 1. The van der Waals surface area contributed by atoms with E-state index in [0.717, 1.165) is 22.4 Å². The van der Waals surface area contributed by atoms with Crippen molar-refractivity contribution < 1.29 is 27.4 Å². The van der Waals surface area contributed by atoms with Crippen LogP contribution >= 0.6 is 0 Å². The fourth-order valence-corrected chi connectivity index (χ4v) is 5.40. The van der Waals surface area contributed by atoms with Crippen molar-refractivity contribution in [3.8, 4) is 17.2 Å². The molecule has 0 aromatic heterocycles. The van der Waals surface area contributed by atoms with E-state index in [-0.39, 0.29) is 24.6 Å². The van der Waals surface area contributed by atoms with Crippen molar-refractivity contribution in [1.29, 1.82) is 0 Å². The first-order valence-corrected chi connectivity index (χ1v) is 13.1. The second-order valence-electron chi connectivity index (χ2n) is 8.63. The monoisotopic (exact) mass is 510 g/mol. The van der Waals surface area contributed by atoms with Crippen LogP contribution in [0.25, 0.3) is 0 Å². The first-order chi connectivity index (χ1) is 17.2. The summed E-state index contributed by atoms with van der Waals surface area (Å²) in [6, 6.07) is 17.2. The first-order valence-electron chi connectivity index (χ1n) is 11.6. The maximum atomic E-state index is 13.6. The molecule has 0 unspecified atom stereocenters. The van der Waals surface area contributed by atoms with Gasteiger partial charge in [-0.3, -0.25) is 9.10 Å². The van der Waals surface area contributed by atoms with Gasteiger partial charge in [-0.15, -0.1) is 0 Å². The quantitative estimate of drug-likeness (QED) is 0.464. The standard InChI is InChI=1S/C27H30N2O6S/c1-18-8-13-25-23(16-18)29(36(31,32)22-11-9-21(33-4)10-12-22)17-26(35-25)27(30)28-14-15-34-24-7-5-6-19(2)20(24)3/h5-13,16,26H,14-15,17H2,1-4H3,(H,28,30)/t26-/m1/s1. The topological polar surface area (TPSA) is 94.2 Å². The Morgan fingerprint density at radius 1 is 1.08 bits per heavy atom. The molecule has 0 spiro atoms. The average molecular weight is 511 g/mol. The van der Waals surface area contributed by atoms with Gasteiger partial charge in [-0.25, -0.2) is 8.42 Å². The molecule has 1 heterocycles. The van der Waals surface area contributed by atoms with Crippen molar-refractivity contribution in [1.82, 2.24) is 5.32 Å². The number of hydrogen-bond donors (Lipinski definition) is 1. The first kappa shape index (κ1) is 25.4. The van der Waals surface area contributed by atoms with Crippen molar-refractivity contribution >= 4 is 21.6 Å². The highest BCUT2D eigenvalue weighted by molar-refractivity contribution is 7.92. The van der Waals surface area contributed by atoms with Gasteiger partial charge < -0.3 is 19.5 Å². The number of amides is 1. The SMILES string of the molecule is COc1ccc(S(=O)(=O)N2C[C@H](C(=O)NCCOc3cccc(C)c3C)Oc3ccc(C)cc32)cc1. The average Bonchev–Trinajstić information content (AvgIpc) is 2.88. The van der Waals surface area contributed by atoms with Gasteiger partial charge in [0.2, 0.25) is 0 Å². The zero-order chi connectivity index (χ0) is 25.9. The van der Waals surface area contributed by atoms with E-state index in [1.165, 1.54) is 23.5 Å². The largest absolute Gasteiger partial charge is 0.497 e. The van der Waals surface area contributed by atoms with Crippen molar-refractivity contribution in [2.45, 2.75) is 31.8 Å². The number of benzene rings is 3. The van der Waals surface area contributed by atoms with E-state index < -0.39 is 22.0 Å². The van der Waals surface area contributed by atoms with Crippen LogP contribution in [0.2, 0.25) is 0 Å². The van der Waals surface area contributed by atoms with Crippen molar-refractivity contribution in [2.75, 3.05) is 31.1 Å². The maximum Gasteiger partial charge on any atom is 0.264 e. The minimum Gasteiger partial charge on any atom is -0.497 e. The van der Waals surface area contributed by atoms with Crippen LogP contribution < -0.4 is 23.8 Å². The fourth-order valence-electron chi connectivity index (χ4n) is 3.93. The van der Waals surface area contributed by atoms with Crippen molar-refractivity contribution in [3.63, 3.8) is 0 Å². The lowest BCUT2D eigenvalue weighted by molar-refractivity contribution is -0.127. The normalized spacial score (nSPS) is 15.0. The van der Waals surface area contributed by atoms with Gasteiger partial charge in [-0.1, -0.05) is 18.2 Å². The molecular weight excluding hydrogens is 480 g/mol. The molecule has 1 aliphatic heterocycles. The molecule has 0 bridgehead atoms. The highest BCUT2D eigenvalue weighted by Crippen LogP contribution is 2.38. The van der Waals surface area contributed by atoms with E-state index in [1.54, 1.807) is 24.3 Å². The molecule has 1 aliphatic rings. The predicted octanol–water partition coefficient (Wildman–Crippen LogP) is 3.77. The molecule has 0 radical (unpaired) electrons. The van der Waals surface area contributed by atoms with Crippen molar-refractivity contribution in [3.05, 3.63) is 77.4 Å². The molecule has 0 saturated carbocycles. The highest BCUT2D eigenvalue weighted by atomic mass is 32.2. The number of ether oxygens (including phenoxy) is 3. The van der Waals surface area contributed by atoms with Crippen LogP contribution in [0.1, 0.15) is 16.7 Å². The Balaban J connectivity index is 1.49. The Hall–Kier alpha value is -3.72. The second kappa shape index (κ2) is 10.5. The van der Waals surface area contributed by atoms with Gasteiger partial charge in [-0.05, 0) is 79.9 Å². The lowest BCUT2D eigenvalue weighted by Crippen LogP contribution is -2.51. The van der Waals surface area contributed by atoms with Crippen LogP contribution in [0.3, 0.4) is 0 Å². The number of nitrogens with one attached hydrogen (secondary N) is 1. The summed E-state index contributed by atoms with van der Waals surface area (Å²) < 4.78 is 45.3. The van der Waals surface area contributed by atoms with Crippen molar-refractivity contribution in [2.24, 2.45) is 0 Å². The minimum absolute atomic E-state index is 0.0961. The van der Waals surface area contributed by atoms with Gasteiger partial charge >= 0.3 is 0 Å². The molecule has 36 heavy (non-hydrogen) atoms. The number of nitrogens with zero attached hydrogens (tertiary/aromatic N) is 1. The molecule has 0 aliphatic carbocycles. The molecular formula is C27H30N2O6S. The van der Waals surface area contributed by atoms with E-state index in [9.17, 15) is 13.2 Å². The van der Waals surface area contributed by atoms with Gasteiger partial charge in [-0.2, -0.15) is 0 Å². The summed E-state index contributed by atoms with van der Waals surface area (Å²) in [4.78, 5) is 13.1. The lowest BCUT2D eigenvalue weighted by atomic mass is 10.1. The summed E-state index contributed by atoms with van der Waals surface area (Å²) in [6.45, 7) is 6.22. The van der Waals surface area contributed by atoms with E-state index in [4.69, 9.17) is 14.2 Å². The summed E-state index contributed by atoms with van der Waals surface area (Å²) >= 11 is 0. The summed E-state index contributed by atoms with van der Waals surface area (Å²) in [5.41, 5.74) is 3.44. The number of fused-ring (bicyclic) bond motifs is 1. The smallest absolute Gasteiger partial charge is 0.264 e. The third-order valence-electron chi connectivity index (χ3n) is 6.14. The van der Waals surface area contributed by atoms with E-state index in [2.05, 4.69) is 5.32 Å². The summed E-state index contributed by atoms with van der Waals surface area (Å²) in [7, 11) is -2.45. The van der Waals surface area contributed by atoms with E-state index >= 15 is 0 Å². The highest BCUT2D eigenvalue weighted by Gasteiger charge is 2.37. The summed E-state index contributed by atoms with van der Waals surface area (Å²) in [5, 5.41) is 2.80. The Morgan fingerprint density at radius 3 is 2.56 bits per heavy atom. The zero-order valence-corrected chi connectivity index (χ0v) is 21.6. The lowest BCUT2D eigenvalue weighted by Gasteiger charge is -2.35. The maximum absolute atomic E-state index is 13.6. The summed E-state index contributed by atoms with van der Waals surface area (Å²) in [5.74, 6) is 1.23. The molecule has 190 valence electrons. The van der Waals surface area contributed by atoms with E-state index in [0.29, 0.717) is 17.2 Å². The molecule has 8 nitrogen and oxygen atoms in total. The van der Waals surface area contributed by atoms with Crippen LogP contribution in [-0.4, -0.2) is 47.2 Å². The number of sulfonamides is 1. The van der Waals surface area contributed by atoms with Crippen LogP contribution in [0, 0.1) is 20.8 Å². The van der Waals surface area contributed by atoms with Gasteiger partial charge in [0, 0.05) is 0 Å². The third-order valence-corrected chi connectivity index (χ3v) is 7.93. The number of carbonyl (C=O) groups excluding carboxylic acids is 1. The Kier molecular flexibility index (Phi) is 7.40. The molecule has 0 saturated heterocycles. The summed E-state index contributed by atoms with van der Waals surface area (Å²) in [6.07, 6.45) is -1.02. The van der Waals surface area contributed by atoms with Gasteiger partial charge in [0.25, 0.3) is 15.9 Å². The van der Waals surface area contributed by atoms with Gasteiger partial charge in [0.05, 0.1) is 30.8 Å². The van der Waals surface area contributed by atoms with Gasteiger partial charge in [0.15, 0.2) is 6.10 Å². The Morgan fingerprint density at radius 2 is 1.83 bits per heavy atom. The third kappa shape index (κ3) is 5.26. The molecule has 3 aromatic rings. The molecule has 1 atom stereocenters.